The molecule has 0 saturated heterocycles. The number of hydrogen-bond acceptors (Lipinski definition) is 6. The summed E-state index contributed by atoms with van der Waals surface area (Å²) in [5.74, 6) is 0.780. The summed E-state index contributed by atoms with van der Waals surface area (Å²) in [6, 6.07) is 0. The molecule has 0 spiro atoms. The maximum absolute atomic E-state index is 10.9. The molecule has 0 fully saturated rings. The average Bonchev–Trinajstić information content (AvgIpc) is 2.52. The van der Waals surface area contributed by atoms with Crippen molar-refractivity contribution in [2.75, 3.05) is 12.4 Å². The highest BCUT2D eigenvalue weighted by Crippen LogP contribution is 2.19. The van der Waals surface area contributed by atoms with Crippen LogP contribution in [0.2, 0.25) is 4.47 Å². The lowest BCUT2D eigenvalue weighted by molar-refractivity contribution is -0.139. The lowest BCUT2D eigenvalue weighted by Gasteiger charge is -1.99. The molecule has 0 bridgehead atoms. The van der Waals surface area contributed by atoms with Crippen LogP contribution in [0.5, 0.6) is 0 Å². The molecule has 0 aromatic carbocycles. The number of rotatable bonds is 5. The second-order valence-corrected chi connectivity index (χ2v) is 4.88. The number of ether oxygens (including phenoxy) is 1. The Morgan fingerprint density at radius 3 is 3.00 bits per heavy atom. The number of thioether (sulfide) groups is 1. The number of esters is 1. The van der Waals surface area contributed by atoms with E-state index in [4.69, 9.17) is 16.3 Å². The molecule has 0 aliphatic heterocycles. The van der Waals surface area contributed by atoms with Gasteiger partial charge in [-0.15, -0.1) is 22.0 Å². The summed E-state index contributed by atoms with van der Waals surface area (Å²) < 4.78 is 5.19. The van der Waals surface area contributed by atoms with Crippen LogP contribution in [-0.4, -0.2) is 28.5 Å². The average molecular weight is 253 g/mol. The van der Waals surface area contributed by atoms with Crippen molar-refractivity contribution in [3.8, 4) is 0 Å². The molecule has 1 heterocycles. The third-order valence-electron chi connectivity index (χ3n) is 1.19. The van der Waals surface area contributed by atoms with E-state index in [9.17, 15) is 4.79 Å². The zero-order chi connectivity index (χ0) is 10.4. The van der Waals surface area contributed by atoms with Gasteiger partial charge in [-0.2, -0.15) is 0 Å². The Morgan fingerprint density at radius 1 is 1.64 bits per heavy atom. The van der Waals surface area contributed by atoms with Crippen molar-refractivity contribution in [2.24, 2.45) is 0 Å². The van der Waals surface area contributed by atoms with Crippen molar-refractivity contribution >= 4 is 40.7 Å². The Hall–Kier alpha value is -0.330. The number of nitrogens with zero attached hydrogens (tertiary/aromatic N) is 2. The molecule has 0 radical (unpaired) electrons. The highest BCUT2D eigenvalue weighted by molar-refractivity contribution is 7.99. The second kappa shape index (κ2) is 6.21. The molecule has 0 amide bonds. The highest BCUT2D eigenvalue weighted by atomic mass is 35.5. The van der Waals surface area contributed by atoms with E-state index in [2.05, 4.69) is 10.2 Å². The fourth-order valence-electron chi connectivity index (χ4n) is 0.716. The summed E-state index contributed by atoms with van der Waals surface area (Å²) in [6.45, 7) is 2.21. The SMILES string of the molecule is CCOC(=O)CSCc1nnc(Cl)s1. The zero-order valence-electron chi connectivity index (χ0n) is 7.53. The summed E-state index contributed by atoms with van der Waals surface area (Å²) in [6.07, 6.45) is 0. The van der Waals surface area contributed by atoms with Crippen LogP contribution < -0.4 is 0 Å². The third-order valence-corrected chi connectivity index (χ3v) is 3.31. The van der Waals surface area contributed by atoms with E-state index in [1.165, 1.54) is 23.1 Å². The van der Waals surface area contributed by atoms with Crippen LogP contribution in [0.1, 0.15) is 11.9 Å². The second-order valence-electron chi connectivity index (χ2n) is 2.25. The Balaban J connectivity index is 2.18. The highest BCUT2D eigenvalue weighted by Gasteiger charge is 2.05. The molecule has 0 saturated carbocycles. The molecule has 0 aliphatic rings. The predicted octanol–water partition coefficient (Wildman–Crippen LogP) is 1.99. The number of hydrogen-bond donors (Lipinski definition) is 0. The first-order valence-electron chi connectivity index (χ1n) is 3.93. The lowest BCUT2D eigenvalue weighted by atomic mass is 10.8. The maximum atomic E-state index is 10.9. The molecule has 0 unspecified atom stereocenters. The van der Waals surface area contributed by atoms with Gasteiger partial charge in [0.1, 0.15) is 5.01 Å². The topological polar surface area (TPSA) is 52.1 Å². The molecule has 1 aromatic rings. The van der Waals surface area contributed by atoms with Gasteiger partial charge in [0.2, 0.25) is 4.47 Å². The molecule has 4 nitrogen and oxygen atoms in total. The van der Waals surface area contributed by atoms with Crippen LogP contribution in [-0.2, 0) is 15.3 Å². The Morgan fingerprint density at radius 2 is 2.43 bits per heavy atom. The van der Waals surface area contributed by atoms with E-state index in [1.807, 2.05) is 0 Å². The molecule has 0 aliphatic carbocycles. The van der Waals surface area contributed by atoms with Crippen LogP contribution in [0.15, 0.2) is 0 Å². The van der Waals surface area contributed by atoms with E-state index in [-0.39, 0.29) is 5.97 Å². The first-order valence-corrected chi connectivity index (χ1v) is 6.28. The fraction of sp³-hybridized carbons (Fsp3) is 0.571. The van der Waals surface area contributed by atoms with Gasteiger partial charge in [0.05, 0.1) is 12.4 Å². The van der Waals surface area contributed by atoms with Crippen molar-refractivity contribution in [3.05, 3.63) is 9.47 Å². The van der Waals surface area contributed by atoms with Gasteiger partial charge in [-0.3, -0.25) is 4.79 Å². The standard InChI is InChI=1S/C7H9ClN2O2S2/c1-2-12-6(11)4-13-3-5-9-10-7(8)14-5/h2-4H2,1H3. The first-order chi connectivity index (χ1) is 6.72. The molecule has 1 aromatic heterocycles. The first kappa shape index (κ1) is 11.7. The zero-order valence-corrected chi connectivity index (χ0v) is 9.92. The van der Waals surface area contributed by atoms with E-state index in [1.54, 1.807) is 6.92 Å². The van der Waals surface area contributed by atoms with Gasteiger partial charge in [-0.05, 0) is 18.5 Å². The van der Waals surface area contributed by atoms with Crippen LogP contribution in [0.25, 0.3) is 0 Å². The third kappa shape index (κ3) is 4.26. The molecular weight excluding hydrogens is 244 g/mol. The van der Waals surface area contributed by atoms with Crippen molar-refractivity contribution in [2.45, 2.75) is 12.7 Å². The molecule has 1 rings (SSSR count). The molecular formula is C7H9ClN2O2S2. The minimum absolute atomic E-state index is 0.201. The minimum Gasteiger partial charge on any atom is -0.465 e. The molecule has 14 heavy (non-hydrogen) atoms. The Bertz CT molecular complexity index is 306. The van der Waals surface area contributed by atoms with E-state index in [0.29, 0.717) is 22.6 Å². The number of carbonyl (C=O) groups excluding carboxylic acids is 1. The van der Waals surface area contributed by atoms with Gasteiger partial charge in [-0.1, -0.05) is 11.3 Å². The largest absolute Gasteiger partial charge is 0.465 e. The summed E-state index contributed by atoms with van der Waals surface area (Å²) in [5, 5.41) is 8.30. The van der Waals surface area contributed by atoms with Crippen LogP contribution in [0.3, 0.4) is 0 Å². The van der Waals surface area contributed by atoms with Gasteiger partial charge >= 0.3 is 5.97 Å². The lowest BCUT2D eigenvalue weighted by Crippen LogP contribution is -2.06. The van der Waals surface area contributed by atoms with Crippen LogP contribution >= 0.6 is 34.7 Å². The molecule has 78 valence electrons. The van der Waals surface area contributed by atoms with E-state index < -0.39 is 0 Å². The molecule has 0 atom stereocenters. The van der Waals surface area contributed by atoms with Crippen molar-refractivity contribution in [1.82, 2.24) is 10.2 Å². The summed E-state index contributed by atoms with van der Waals surface area (Å²) in [5.41, 5.74) is 0. The summed E-state index contributed by atoms with van der Waals surface area (Å²) in [4.78, 5) is 10.9. The molecule has 0 N–H and O–H groups in total. The van der Waals surface area contributed by atoms with Crippen molar-refractivity contribution < 1.29 is 9.53 Å². The quantitative estimate of drug-likeness (QED) is 0.750. The van der Waals surface area contributed by atoms with Gasteiger partial charge < -0.3 is 4.74 Å². The Labute approximate surface area is 95.0 Å². The van der Waals surface area contributed by atoms with E-state index in [0.717, 1.165) is 5.01 Å². The number of carbonyl (C=O) groups is 1. The van der Waals surface area contributed by atoms with Gasteiger partial charge in [0, 0.05) is 5.75 Å². The van der Waals surface area contributed by atoms with Gasteiger partial charge in [0.25, 0.3) is 0 Å². The monoisotopic (exact) mass is 252 g/mol. The normalized spacial score (nSPS) is 10.1. The number of aromatic nitrogens is 2. The minimum atomic E-state index is -0.201. The summed E-state index contributed by atoms with van der Waals surface area (Å²) in [7, 11) is 0. The smallest absolute Gasteiger partial charge is 0.315 e. The summed E-state index contributed by atoms with van der Waals surface area (Å²) >= 11 is 8.36. The molecule has 7 heteroatoms. The fourth-order valence-corrected chi connectivity index (χ4v) is 2.45. The van der Waals surface area contributed by atoms with Crippen LogP contribution in [0, 0.1) is 0 Å². The maximum Gasteiger partial charge on any atom is 0.315 e. The predicted molar refractivity (Wildman–Crippen MR) is 57.7 cm³/mol. The van der Waals surface area contributed by atoms with Crippen molar-refractivity contribution in [1.29, 1.82) is 0 Å². The van der Waals surface area contributed by atoms with E-state index >= 15 is 0 Å². The van der Waals surface area contributed by atoms with Crippen LogP contribution in [0.4, 0.5) is 0 Å². The van der Waals surface area contributed by atoms with Gasteiger partial charge in [0.15, 0.2) is 0 Å². The number of halogens is 1. The van der Waals surface area contributed by atoms with Crippen molar-refractivity contribution in [3.63, 3.8) is 0 Å². The van der Waals surface area contributed by atoms with Gasteiger partial charge in [-0.25, -0.2) is 0 Å². The Kier molecular flexibility index (Phi) is 5.21.